The molecule has 0 radical (unpaired) electrons. The second kappa shape index (κ2) is 7.81. The number of piperazine rings is 1. The third kappa shape index (κ3) is 4.25. The third-order valence-corrected chi connectivity index (χ3v) is 5.20. The van der Waals surface area contributed by atoms with E-state index in [2.05, 4.69) is 35.2 Å². The Morgan fingerprint density at radius 3 is 2.52 bits per heavy atom. The van der Waals surface area contributed by atoms with E-state index in [1.807, 2.05) is 17.0 Å². The molecule has 0 atom stereocenters. The fraction of sp³-hybridized carbons (Fsp3) is 0.389. The number of hydrogen-bond donors (Lipinski definition) is 1. The minimum atomic E-state index is 0.186. The lowest BCUT2D eigenvalue weighted by Crippen LogP contribution is -2.49. The first-order valence-electron chi connectivity index (χ1n) is 7.99. The highest BCUT2D eigenvalue weighted by molar-refractivity contribution is 8.00. The van der Waals surface area contributed by atoms with Crippen molar-refractivity contribution in [3.05, 3.63) is 42.5 Å². The van der Waals surface area contributed by atoms with E-state index in [4.69, 9.17) is 5.11 Å². The first-order valence-corrected chi connectivity index (χ1v) is 8.97. The zero-order chi connectivity index (χ0) is 16.1. The summed E-state index contributed by atoms with van der Waals surface area (Å²) in [7, 11) is 0. The summed E-state index contributed by atoms with van der Waals surface area (Å²) >= 11 is 1.60. The molecule has 0 saturated carbocycles. The number of aliphatic hydroxyl groups is 1. The van der Waals surface area contributed by atoms with Gasteiger partial charge < -0.3 is 10.0 Å². The summed E-state index contributed by atoms with van der Waals surface area (Å²) in [5.74, 6) is 0.685. The summed E-state index contributed by atoms with van der Waals surface area (Å²) in [5, 5.41) is 11.4. The molecule has 2 aromatic carbocycles. The minimum absolute atomic E-state index is 0.186. The van der Waals surface area contributed by atoms with Gasteiger partial charge in [-0.05, 0) is 22.9 Å². The monoisotopic (exact) mass is 330 g/mol. The van der Waals surface area contributed by atoms with E-state index in [9.17, 15) is 4.79 Å². The quantitative estimate of drug-likeness (QED) is 0.853. The number of amides is 1. The van der Waals surface area contributed by atoms with Crippen LogP contribution in [0.3, 0.4) is 0 Å². The summed E-state index contributed by atoms with van der Waals surface area (Å²) in [4.78, 5) is 17.6. The summed E-state index contributed by atoms with van der Waals surface area (Å²) < 4.78 is 0. The molecule has 1 N–H and O–H groups in total. The number of rotatable bonds is 5. The van der Waals surface area contributed by atoms with Crippen molar-refractivity contribution < 1.29 is 9.90 Å². The molecule has 5 heteroatoms. The van der Waals surface area contributed by atoms with Crippen molar-refractivity contribution in [2.24, 2.45) is 0 Å². The fourth-order valence-corrected chi connectivity index (χ4v) is 3.70. The molecule has 0 bridgehead atoms. The summed E-state index contributed by atoms with van der Waals surface area (Å²) in [5.41, 5.74) is 0. The number of thioether (sulfide) groups is 1. The zero-order valence-corrected chi connectivity index (χ0v) is 14.0. The predicted octanol–water partition coefficient (Wildman–Crippen LogP) is 2.07. The molecule has 2 aromatic rings. The van der Waals surface area contributed by atoms with Crippen LogP contribution in [0.1, 0.15) is 0 Å². The lowest BCUT2D eigenvalue weighted by atomic mass is 10.1. The van der Waals surface area contributed by atoms with Crippen molar-refractivity contribution in [3.63, 3.8) is 0 Å². The first-order chi connectivity index (χ1) is 11.3. The first kappa shape index (κ1) is 16.3. The van der Waals surface area contributed by atoms with Crippen molar-refractivity contribution in [2.75, 3.05) is 45.1 Å². The van der Waals surface area contributed by atoms with Gasteiger partial charge in [0.15, 0.2) is 0 Å². The molecule has 1 amide bonds. The van der Waals surface area contributed by atoms with Gasteiger partial charge in [-0.15, -0.1) is 11.8 Å². The van der Waals surface area contributed by atoms with Crippen LogP contribution in [0.25, 0.3) is 10.8 Å². The molecule has 1 aliphatic rings. The standard InChI is InChI=1S/C18H22N2O2S/c21-12-11-19-7-9-20(10-8-19)18(22)14-23-17-6-5-15-3-1-2-4-16(15)13-17/h1-6,13,21H,7-12,14H2. The largest absolute Gasteiger partial charge is 0.395 e. The van der Waals surface area contributed by atoms with Crippen LogP contribution < -0.4 is 0 Å². The normalized spacial score (nSPS) is 16.0. The van der Waals surface area contributed by atoms with E-state index in [0.717, 1.165) is 31.1 Å². The van der Waals surface area contributed by atoms with Crippen LogP contribution in [-0.4, -0.2) is 65.9 Å². The van der Waals surface area contributed by atoms with Gasteiger partial charge in [0.25, 0.3) is 0 Å². The minimum Gasteiger partial charge on any atom is -0.395 e. The number of carbonyl (C=O) groups is 1. The van der Waals surface area contributed by atoms with Crippen molar-refractivity contribution in [1.82, 2.24) is 9.80 Å². The molecule has 0 aromatic heterocycles. The van der Waals surface area contributed by atoms with Crippen LogP contribution in [0.5, 0.6) is 0 Å². The Bertz CT molecular complexity index is 669. The average Bonchev–Trinajstić information content (AvgIpc) is 2.60. The van der Waals surface area contributed by atoms with Gasteiger partial charge in [0.1, 0.15) is 0 Å². The molecular formula is C18H22N2O2S. The predicted molar refractivity (Wildman–Crippen MR) is 94.8 cm³/mol. The van der Waals surface area contributed by atoms with Crippen molar-refractivity contribution >= 4 is 28.4 Å². The molecule has 0 aliphatic carbocycles. The molecule has 1 aliphatic heterocycles. The molecule has 4 nitrogen and oxygen atoms in total. The Hall–Kier alpha value is -1.56. The van der Waals surface area contributed by atoms with Crippen LogP contribution in [0.4, 0.5) is 0 Å². The van der Waals surface area contributed by atoms with Gasteiger partial charge in [-0.1, -0.05) is 30.3 Å². The molecule has 1 heterocycles. The zero-order valence-electron chi connectivity index (χ0n) is 13.1. The van der Waals surface area contributed by atoms with Crippen molar-refractivity contribution in [3.8, 4) is 0 Å². The fourth-order valence-electron chi connectivity index (χ4n) is 2.86. The smallest absolute Gasteiger partial charge is 0.233 e. The topological polar surface area (TPSA) is 43.8 Å². The third-order valence-electron chi connectivity index (χ3n) is 4.22. The van der Waals surface area contributed by atoms with Crippen molar-refractivity contribution in [2.45, 2.75) is 4.90 Å². The van der Waals surface area contributed by atoms with Crippen LogP contribution in [0.2, 0.25) is 0 Å². The maximum absolute atomic E-state index is 12.3. The van der Waals surface area contributed by atoms with Crippen LogP contribution >= 0.6 is 11.8 Å². The number of nitrogens with zero attached hydrogens (tertiary/aromatic N) is 2. The Kier molecular flexibility index (Phi) is 5.54. The molecule has 0 unspecified atom stereocenters. The van der Waals surface area contributed by atoms with E-state index in [0.29, 0.717) is 12.3 Å². The van der Waals surface area contributed by atoms with Gasteiger partial charge in [-0.25, -0.2) is 0 Å². The van der Waals surface area contributed by atoms with E-state index in [1.165, 1.54) is 10.8 Å². The highest BCUT2D eigenvalue weighted by Gasteiger charge is 2.20. The van der Waals surface area contributed by atoms with Crippen LogP contribution in [-0.2, 0) is 4.79 Å². The lowest BCUT2D eigenvalue weighted by Gasteiger charge is -2.34. The van der Waals surface area contributed by atoms with Gasteiger partial charge in [-0.3, -0.25) is 9.69 Å². The number of aliphatic hydroxyl groups excluding tert-OH is 1. The Morgan fingerprint density at radius 2 is 1.78 bits per heavy atom. The van der Waals surface area contributed by atoms with E-state index >= 15 is 0 Å². The van der Waals surface area contributed by atoms with Crippen LogP contribution in [0.15, 0.2) is 47.4 Å². The summed E-state index contributed by atoms with van der Waals surface area (Å²) in [6.07, 6.45) is 0. The number of carbonyl (C=O) groups excluding carboxylic acids is 1. The number of β-amino-alcohol motifs (C(OH)–C–C–N with tert-alkyl or cyclic N) is 1. The van der Waals surface area contributed by atoms with Gasteiger partial charge in [-0.2, -0.15) is 0 Å². The number of fused-ring (bicyclic) bond motifs is 1. The highest BCUT2D eigenvalue weighted by Crippen LogP contribution is 2.24. The van der Waals surface area contributed by atoms with Gasteiger partial charge in [0.05, 0.1) is 12.4 Å². The molecule has 0 spiro atoms. The van der Waals surface area contributed by atoms with E-state index < -0.39 is 0 Å². The van der Waals surface area contributed by atoms with Crippen LogP contribution in [0, 0.1) is 0 Å². The molecular weight excluding hydrogens is 308 g/mol. The maximum Gasteiger partial charge on any atom is 0.233 e. The Balaban J connectivity index is 1.52. The van der Waals surface area contributed by atoms with E-state index in [-0.39, 0.29) is 12.5 Å². The second-order valence-electron chi connectivity index (χ2n) is 5.74. The average molecular weight is 330 g/mol. The number of hydrogen-bond acceptors (Lipinski definition) is 4. The summed E-state index contributed by atoms with van der Waals surface area (Å²) in [6.45, 7) is 4.12. The van der Waals surface area contributed by atoms with Gasteiger partial charge in [0.2, 0.25) is 5.91 Å². The van der Waals surface area contributed by atoms with Gasteiger partial charge >= 0.3 is 0 Å². The molecule has 23 heavy (non-hydrogen) atoms. The van der Waals surface area contributed by atoms with Crippen molar-refractivity contribution in [1.29, 1.82) is 0 Å². The SMILES string of the molecule is O=C(CSc1ccc2ccccc2c1)N1CCN(CCO)CC1. The number of benzene rings is 2. The van der Waals surface area contributed by atoms with Gasteiger partial charge in [0, 0.05) is 37.6 Å². The maximum atomic E-state index is 12.3. The second-order valence-corrected chi connectivity index (χ2v) is 6.79. The molecule has 1 fully saturated rings. The lowest BCUT2D eigenvalue weighted by molar-refractivity contribution is -0.130. The molecule has 122 valence electrons. The Morgan fingerprint density at radius 1 is 1.04 bits per heavy atom. The van der Waals surface area contributed by atoms with E-state index in [1.54, 1.807) is 11.8 Å². The Labute approximate surface area is 141 Å². The summed E-state index contributed by atoms with van der Waals surface area (Å²) in [6, 6.07) is 14.6. The molecule has 1 saturated heterocycles. The highest BCUT2D eigenvalue weighted by atomic mass is 32.2. The molecule has 3 rings (SSSR count).